The summed E-state index contributed by atoms with van der Waals surface area (Å²) in [4.78, 5) is 13.0. The summed E-state index contributed by atoms with van der Waals surface area (Å²) in [6, 6.07) is 22.4. The number of carbonyl (C=O) groups is 1. The molecule has 2 aliphatic heterocycles. The number of aryl methyl sites for hydroxylation is 1. The number of nitrogens with one attached hydrogen (secondary N) is 1. The lowest BCUT2D eigenvalue weighted by Gasteiger charge is -2.29. The fraction of sp³-hybridized carbons (Fsp3) is 0.240. The van der Waals surface area contributed by atoms with Crippen LogP contribution in [0.5, 0.6) is 0 Å². The van der Waals surface area contributed by atoms with Crippen molar-refractivity contribution < 1.29 is 17.9 Å². The van der Waals surface area contributed by atoms with Crippen LogP contribution in [0.25, 0.3) is 0 Å². The number of hydrogen-bond donors (Lipinski definition) is 1. The smallest absolute Gasteiger partial charge is 0.325 e. The second kappa shape index (κ2) is 7.76. The van der Waals surface area contributed by atoms with E-state index in [1.54, 1.807) is 24.3 Å². The summed E-state index contributed by atoms with van der Waals surface area (Å²) in [7, 11) is -2.59. The van der Waals surface area contributed by atoms with Crippen molar-refractivity contribution in [1.82, 2.24) is 5.32 Å². The van der Waals surface area contributed by atoms with Gasteiger partial charge in [-0.2, -0.15) is 0 Å². The van der Waals surface area contributed by atoms with E-state index in [1.807, 2.05) is 61.5 Å². The minimum absolute atomic E-state index is 0.199. The van der Waals surface area contributed by atoms with Gasteiger partial charge in [-0.1, -0.05) is 66.2 Å². The number of nitrogens with zero attached hydrogens (tertiary/aromatic N) is 1. The van der Waals surface area contributed by atoms with Gasteiger partial charge in [0.25, 0.3) is 10.0 Å². The van der Waals surface area contributed by atoms with E-state index in [4.69, 9.17) is 4.74 Å². The van der Waals surface area contributed by atoms with Crippen LogP contribution in [0.1, 0.15) is 28.7 Å². The van der Waals surface area contributed by atoms with E-state index < -0.39 is 28.1 Å². The molecule has 0 spiro atoms. The van der Waals surface area contributed by atoms with Crippen molar-refractivity contribution in [2.24, 2.45) is 0 Å². The number of methoxy groups -OCH3 is 1. The number of carbonyl (C=O) groups excluding carboxylic acids is 1. The first-order valence-corrected chi connectivity index (χ1v) is 12.0. The summed E-state index contributed by atoms with van der Waals surface area (Å²) >= 11 is 0. The standard InChI is InChI=1S/C25H24N2O4S/c1-16-12-14-18(15-13-16)32(29,30)27-20-11-7-6-10-19(20)21-22(17-8-4-3-5-9-17)26-23(24(21)27)25(28)31-2/h3-15,21-24,26H,1-2H3/t21-,22+,23-,24-/m0/s1. The molecule has 2 aliphatic rings. The molecule has 3 aromatic rings. The third kappa shape index (κ3) is 3.12. The number of sulfonamides is 1. The molecule has 7 heteroatoms. The highest BCUT2D eigenvalue weighted by Gasteiger charge is 2.58. The number of para-hydroxylation sites is 1. The van der Waals surface area contributed by atoms with Gasteiger partial charge >= 0.3 is 5.97 Å². The van der Waals surface area contributed by atoms with Crippen molar-refractivity contribution in [3.8, 4) is 0 Å². The minimum Gasteiger partial charge on any atom is -0.468 e. The first-order chi connectivity index (χ1) is 15.4. The van der Waals surface area contributed by atoms with Crippen LogP contribution in [-0.4, -0.2) is 33.6 Å². The van der Waals surface area contributed by atoms with Gasteiger partial charge < -0.3 is 4.74 Å². The molecule has 32 heavy (non-hydrogen) atoms. The highest BCUT2D eigenvalue weighted by atomic mass is 32.2. The fourth-order valence-electron chi connectivity index (χ4n) is 4.99. The average molecular weight is 449 g/mol. The Labute approximate surface area is 187 Å². The van der Waals surface area contributed by atoms with E-state index in [1.165, 1.54) is 11.4 Å². The molecule has 0 amide bonds. The summed E-state index contributed by atoms with van der Waals surface area (Å²) in [5.74, 6) is -0.715. The first-order valence-electron chi connectivity index (χ1n) is 10.5. The lowest BCUT2D eigenvalue weighted by molar-refractivity contribution is -0.143. The molecule has 4 atom stereocenters. The zero-order chi connectivity index (χ0) is 22.5. The van der Waals surface area contributed by atoms with Gasteiger partial charge in [0.1, 0.15) is 6.04 Å². The molecule has 1 saturated heterocycles. The van der Waals surface area contributed by atoms with E-state index in [2.05, 4.69) is 5.32 Å². The Morgan fingerprint density at radius 2 is 1.59 bits per heavy atom. The molecule has 2 heterocycles. The molecule has 0 saturated carbocycles. The van der Waals surface area contributed by atoms with E-state index in [9.17, 15) is 13.2 Å². The molecule has 6 nitrogen and oxygen atoms in total. The summed E-state index contributed by atoms with van der Waals surface area (Å²) in [5.41, 5.74) is 3.49. The van der Waals surface area contributed by atoms with Crippen LogP contribution in [-0.2, 0) is 19.6 Å². The molecule has 1 N–H and O–H groups in total. The predicted octanol–water partition coefficient (Wildman–Crippen LogP) is 3.54. The number of esters is 1. The fourth-order valence-corrected chi connectivity index (χ4v) is 6.69. The van der Waals surface area contributed by atoms with Gasteiger partial charge in [-0.3, -0.25) is 14.4 Å². The van der Waals surface area contributed by atoms with Crippen LogP contribution < -0.4 is 9.62 Å². The maximum atomic E-state index is 13.9. The Kier molecular flexibility index (Phi) is 5.03. The molecule has 0 aliphatic carbocycles. The summed E-state index contributed by atoms with van der Waals surface area (Å²) in [5, 5.41) is 3.38. The number of fused-ring (bicyclic) bond motifs is 3. The lowest BCUT2D eigenvalue weighted by atomic mass is 9.86. The van der Waals surface area contributed by atoms with Gasteiger partial charge in [0, 0.05) is 12.0 Å². The summed E-state index contributed by atoms with van der Waals surface area (Å²) < 4.78 is 34.3. The van der Waals surface area contributed by atoms with Crippen molar-refractivity contribution in [3.63, 3.8) is 0 Å². The number of benzene rings is 3. The zero-order valence-corrected chi connectivity index (χ0v) is 18.6. The monoisotopic (exact) mass is 448 g/mol. The SMILES string of the molecule is COC(=O)[C@H]1N[C@H](c2ccccc2)[C@@H]2c3ccccc3N(S(=O)(=O)c3ccc(C)cc3)[C@@H]21. The molecule has 3 aromatic carbocycles. The highest BCUT2D eigenvalue weighted by molar-refractivity contribution is 7.92. The van der Waals surface area contributed by atoms with Crippen molar-refractivity contribution in [2.75, 3.05) is 11.4 Å². The Balaban J connectivity index is 1.70. The van der Waals surface area contributed by atoms with Gasteiger partial charge in [-0.25, -0.2) is 8.42 Å². The first kappa shape index (κ1) is 20.7. The topological polar surface area (TPSA) is 75.7 Å². The number of ether oxygens (including phenoxy) is 1. The molecular weight excluding hydrogens is 424 g/mol. The normalized spacial score (nSPS) is 24.1. The second-order valence-electron chi connectivity index (χ2n) is 8.24. The van der Waals surface area contributed by atoms with Gasteiger partial charge in [-0.15, -0.1) is 0 Å². The Hall–Kier alpha value is -3.16. The molecule has 0 radical (unpaired) electrons. The van der Waals surface area contributed by atoms with Crippen LogP contribution >= 0.6 is 0 Å². The maximum Gasteiger partial charge on any atom is 0.325 e. The van der Waals surface area contributed by atoms with Crippen molar-refractivity contribution in [2.45, 2.75) is 35.9 Å². The molecular formula is C25H24N2O4S. The number of rotatable bonds is 4. The van der Waals surface area contributed by atoms with E-state index in [-0.39, 0.29) is 16.9 Å². The van der Waals surface area contributed by atoms with Gasteiger partial charge in [0.05, 0.1) is 23.7 Å². The Morgan fingerprint density at radius 3 is 2.28 bits per heavy atom. The maximum absolute atomic E-state index is 13.9. The molecule has 0 unspecified atom stereocenters. The Morgan fingerprint density at radius 1 is 0.938 bits per heavy atom. The molecule has 164 valence electrons. The van der Waals surface area contributed by atoms with Crippen LogP contribution in [0.3, 0.4) is 0 Å². The third-order valence-electron chi connectivity index (χ3n) is 6.42. The van der Waals surface area contributed by atoms with Gasteiger partial charge in [0.2, 0.25) is 0 Å². The summed E-state index contributed by atoms with van der Waals surface area (Å²) in [6.07, 6.45) is 0. The predicted molar refractivity (Wildman–Crippen MR) is 122 cm³/mol. The van der Waals surface area contributed by atoms with Crippen molar-refractivity contribution in [3.05, 3.63) is 95.6 Å². The zero-order valence-electron chi connectivity index (χ0n) is 17.8. The molecule has 5 rings (SSSR count). The van der Waals surface area contributed by atoms with Crippen molar-refractivity contribution in [1.29, 1.82) is 0 Å². The number of hydrogen-bond acceptors (Lipinski definition) is 5. The van der Waals surface area contributed by atoms with E-state index in [0.717, 1.165) is 16.7 Å². The van der Waals surface area contributed by atoms with E-state index in [0.29, 0.717) is 5.69 Å². The third-order valence-corrected chi connectivity index (χ3v) is 8.25. The lowest BCUT2D eigenvalue weighted by Crippen LogP contribution is -2.50. The minimum atomic E-state index is -3.92. The number of anilines is 1. The van der Waals surface area contributed by atoms with Crippen LogP contribution in [0.15, 0.2) is 83.8 Å². The quantitative estimate of drug-likeness (QED) is 0.618. The van der Waals surface area contributed by atoms with Crippen LogP contribution in [0, 0.1) is 6.92 Å². The molecule has 0 bridgehead atoms. The Bertz CT molecular complexity index is 1260. The second-order valence-corrected chi connectivity index (χ2v) is 10.1. The van der Waals surface area contributed by atoms with Gasteiger partial charge in [0.15, 0.2) is 0 Å². The highest BCUT2D eigenvalue weighted by Crippen LogP contribution is 2.53. The molecule has 0 aromatic heterocycles. The van der Waals surface area contributed by atoms with E-state index >= 15 is 0 Å². The van der Waals surface area contributed by atoms with Crippen LogP contribution in [0.4, 0.5) is 5.69 Å². The summed E-state index contributed by atoms with van der Waals surface area (Å²) in [6.45, 7) is 1.91. The van der Waals surface area contributed by atoms with Crippen LogP contribution in [0.2, 0.25) is 0 Å². The largest absolute Gasteiger partial charge is 0.468 e. The van der Waals surface area contributed by atoms with Gasteiger partial charge in [-0.05, 0) is 36.2 Å². The average Bonchev–Trinajstić information content (AvgIpc) is 3.35. The molecule has 1 fully saturated rings. The van der Waals surface area contributed by atoms with Crippen molar-refractivity contribution >= 4 is 21.7 Å².